The maximum Gasteiger partial charge on any atom is 0.0715 e. The van der Waals surface area contributed by atoms with Crippen LogP contribution in [-0.4, -0.2) is 4.98 Å². The van der Waals surface area contributed by atoms with E-state index in [1.165, 1.54) is 65.3 Å². The molecule has 47 heavy (non-hydrogen) atoms. The lowest BCUT2D eigenvalue weighted by molar-refractivity contribution is -0.0281. The predicted octanol–water partition coefficient (Wildman–Crippen LogP) is 12.3. The van der Waals surface area contributed by atoms with E-state index < -0.39 is 0 Å². The quantitative estimate of drug-likeness (QED) is 0.172. The van der Waals surface area contributed by atoms with E-state index in [0.717, 1.165) is 34.4 Å². The molecule has 2 atom stereocenters. The van der Waals surface area contributed by atoms with Gasteiger partial charge in [-0.15, -0.1) is 0 Å². The Morgan fingerprint density at radius 1 is 0.447 bits per heavy atom. The first-order chi connectivity index (χ1) is 23.0. The minimum Gasteiger partial charge on any atom is -0.248 e. The van der Waals surface area contributed by atoms with Crippen molar-refractivity contribution in [2.75, 3.05) is 0 Å². The normalized spacial score (nSPS) is 24.4. The fourth-order valence-electron chi connectivity index (χ4n) is 9.85. The molecule has 1 heterocycles. The maximum atomic E-state index is 5.09. The zero-order valence-electron chi connectivity index (χ0n) is 26.6. The summed E-state index contributed by atoms with van der Waals surface area (Å²) in [6.45, 7) is 0. The fourth-order valence-corrected chi connectivity index (χ4v) is 10.1. The van der Waals surface area contributed by atoms with Crippen molar-refractivity contribution in [3.8, 4) is 44.8 Å². The van der Waals surface area contributed by atoms with Gasteiger partial charge in [0, 0.05) is 15.6 Å². The molecule has 230 valence electrons. The minimum absolute atomic E-state index is 0.302. The summed E-state index contributed by atoms with van der Waals surface area (Å²) in [5, 5.41) is 0. The van der Waals surface area contributed by atoms with E-state index >= 15 is 0 Å². The van der Waals surface area contributed by atoms with E-state index in [2.05, 4.69) is 162 Å². The van der Waals surface area contributed by atoms with Gasteiger partial charge in [0.05, 0.1) is 11.4 Å². The zero-order chi connectivity index (χ0) is 31.4. The zero-order valence-corrected chi connectivity index (χ0v) is 28.2. The Morgan fingerprint density at radius 2 is 0.915 bits per heavy atom. The van der Waals surface area contributed by atoms with E-state index in [0.29, 0.717) is 10.8 Å². The van der Waals surface area contributed by atoms with E-state index in [1.807, 2.05) is 0 Å². The van der Waals surface area contributed by atoms with Crippen LogP contribution in [0.2, 0.25) is 0 Å². The summed E-state index contributed by atoms with van der Waals surface area (Å²) in [5.41, 5.74) is 12.9. The Balaban J connectivity index is 1.05. The highest BCUT2D eigenvalue weighted by molar-refractivity contribution is 9.10. The molecule has 4 bridgehead atoms. The van der Waals surface area contributed by atoms with Gasteiger partial charge in [-0.05, 0) is 125 Å². The van der Waals surface area contributed by atoms with Crippen LogP contribution in [0.4, 0.5) is 0 Å². The summed E-state index contributed by atoms with van der Waals surface area (Å²) in [5.74, 6) is 1.69. The van der Waals surface area contributed by atoms with Crippen molar-refractivity contribution in [3.05, 3.63) is 161 Å². The average molecular weight is 673 g/mol. The molecule has 4 aliphatic carbocycles. The van der Waals surface area contributed by atoms with Gasteiger partial charge < -0.3 is 0 Å². The molecule has 10 rings (SSSR count). The molecule has 1 aromatic heterocycles. The standard InChI is InChI=1S/C45H38BrN/c46-41-20-18-40(19-21-41)45-28-31-22-32(29-45)27-44(26-31,30-45)39-16-14-33(15-17-39)36-12-7-13-37(23-36)38-24-42(34-8-3-1-4-9-34)47-43(25-38)35-10-5-2-6-11-35/h1-21,23-25,31-32H,22,26-30H2. The van der Waals surface area contributed by atoms with Crippen LogP contribution in [-0.2, 0) is 10.8 Å². The molecule has 2 heteroatoms. The van der Waals surface area contributed by atoms with E-state index in [-0.39, 0.29) is 0 Å². The van der Waals surface area contributed by atoms with Gasteiger partial charge in [-0.3, -0.25) is 0 Å². The number of benzene rings is 5. The van der Waals surface area contributed by atoms with Gasteiger partial charge in [0.25, 0.3) is 0 Å². The second-order valence-corrected chi connectivity index (χ2v) is 15.5. The molecular formula is C45H38BrN. The van der Waals surface area contributed by atoms with E-state index in [1.54, 1.807) is 11.1 Å². The Bertz CT molecular complexity index is 1970. The van der Waals surface area contributed by atoms with Crippen LogP contribution in [0.25, 0.3) is 44.8 Å². The number of aromatic nitrogens is 1. The molecule has 0 aliphatic heterocycles. The highest BCUT2D eigenvalue weighted by Crippen LogP contribution is 2.66. The lowest BCUT2D eigenvalue weighted by atomic mass is 9.42. The van der Waals surface area contributed by atoms with Crippen LogP contribution >= 0.6 is 15.9 Å². The first-order valence-corrected chi connectivity index (χ1v) is 17.9. The van der Waals surface area contributed by atoms with Gasteiger partial charge in [0.15, 0.2) is 0 Å². The van der Waals surface area contributed by atoms with Crippen molar-refractivity contribution in [2.24, 2.45) is 11.8 Å². The molecule has 0 radical (unpaired) electrons. The van der Waals surface area contributed by atoms with Gasteiger partial charge in [0.1, 0.15) is 0 Å². The second-order valence-electron chi connectivity index (χ2n) is 14.5. The van der Waals surface area contributed by atoms with Gasteiger partial charge in [-0.1, -0.05) is 131 Å². The first kappa shape index (κ1) is 28.9. The molecule has 6 aromatic rings. The lowest BCUT2D eigenvalue weighted by Crippen LogP contribution is -2.55. The van der Waals surface area contributed by atoms with Crippen LogP contribution in [0, 0.1) is 11.8 Å². The van der Waals surface area contributed by atoms with Crippen molar-refractivity contribution < 1.29 is 0 Å². The Morgan fingerprint density at radius 3 is 1.45 bits per heavy atom. The molecule has 4 saturated carbocycles. The van der Waals surface area contributed by atoms with Crippen molar-refractivity contribution in [3.63, 3.8) is 0 Å². The van der Waals surface area contributed by atoms with Crippen LogP contribution in [0.3, 0.4) is 0 Å². The number of nitrogens with zero attached hydrogens (tertiary/aromatic N) is 1. The molecule has 2 unspecified atom stereocenters. The number of halogens is 1. The molecular weight excluding hydrogens is 634 g/mol. The highest BCUT2D eigenvalue weighted by Gasteiger charge is 2.58. The SMILES string of the molecule is Brc1ccc(C23CC4CC(C2)CC(c2ccc(-c5cccc(-c6cc(-c7ccccc7)nc(-c7ccccc7)c6)c5)cc2)(C4)C3)cc1. The van der Waals surface area contributed by atoms with E-state index in [9.17, 15) is 0 Å². The minimum atomic E-state index is 0.302. The van der Waals surface area contributed by atoms with Gasteiger partial charge >= 0.3 is 0 Å². The second kappa shape index (κ2) is 11.5. The number of hydrogen-bond acceptors (Lipinski definition) is 1. The number of pyridine rings is 1. The molecule has 1 nitrogen and oxygen atoms in total. The molecule has 0 N–H and O–H groups in total. The van der Waals surface area contributed by atoms with Crippen molar-refractivity contribution in [1.82, 2.24) is 4.98 Å². The summed E-state index contributed by atoms with van der Waals surface area (Å²) in [4.78, 5) is 5.09. The van der Waals surface area contributed by atoms with Crippen LogP contribution in [0.5, 0.6) is 0 Å². The predicted molar refractivity (Wildman–Crippen MR) is 198 cm³/mol. The Kier molecular flexibility index (Phi) is 7.05. The first-order valence-electron chi connectivity index (χ1n) is 17.1. The smallest absolute Gasteiger partial charge is 0.0715 e. The van der Waals surface area contributed by atoms with Crippen molar-refractivity contribution in [2.45, 2.75) is 49.4 Å². The molecule has 4 aliphatic rings. The summed E-state index contributed by atoms with van der Waals surface area (Å²) >= 11 is 3.67. The van der Waals surface area contributed by atoms with E-state index in [4.69, 9.17) is 4.98 Å². The monoisotopic (exact) mass is 671 g/mol. The molecule has 5 aromatic carbocycles. The summed E-state index contributed by atoms with van der Waals surface area (Å²) in [6, 6.07) is 53.5. The fraction of sp³-hybridized carbons (Fsp3) is 0.222. The third-order valence-corrected chi connectivity index (χ3v) is 12.0. The van der Waals surface area contributed by atoms with Crippen LogP contribution in [0.1, 0.15) is 49.7 Å². The highest BCUT2D eigenvalue weighted by atomic mass is 79.9. The Labute approximate surface area is 286 Å². The largest absolute Gasteiger partial charge is 0.248 e. The summed E-state index contributed by atoms with van der Waals surface area (Å²) in [7, 11) is 0. The molecule has 0 amide bonds. The van der Waals surface area contributed by atoms with Gasteiger partial charge in [-0.2, -0.15) is 0 Å². The third-order valence-electron chi connectivity index (χ3n) is 11.5. The lowest BCUT2D eigenvalue weighted by Gasteiger charge is -2.63. The van der Waals surface area contributed by atoms with Crippen molar-refractivity contribution >= 4 is 15.9 Å². The molecule has 0 spiro atoms. The van der Waals surface area contributed by atoms with Crippen molar-refractivity contribution in [1.29, 1.82) is 0 Å². The van der Waals surface area contributed by atoms with Gasteiger partial charge in [-0.25, -0.2) is 4.98 Å². The maximum absolute atomic E-state index is 5.09. The van der Waals surface area contributed by atoms with Gasteiger partial charge in [0.2, 0.25) is 0 Å². The topological polar surface area (TPSA) is 12.9 Å². The summed E-state index contributed by atoms with van der Waals surface area (Å²) < 4.78 is 1.18. The third kappa shape index (κ3) is 5.28. The molecule has 4 fully saturated rings. The Hall–Kier alpha value is -4.27. The molecule has 0 saturated heterocycles. The van der Waals surface area contributed by atoms with Crippen LogP contribution in [0.15, 0.2) is 150 Å². The average Bonchev–Trinajstić information content (AvgIpc) is 3.12. The number of rotatable bonds is 6. The van der Waals surface area contributed by atoms with Crippen LogP contribution < -0.4 is 0 Å². The number of hydrogen-bond donors (Lipinski definition) is 0. The summed E-state index contributed by atoms with van der Waals surface area (Å²) in [6.07, 6.45) is 8.16.